The normalized spacial score (nSPS) is 17.7. The second-order valence-corrected chi connectivity index (χ2v) is 9.97. The van der Waals surface area contributed by atoms with Gasteiger partial charge in [-0.3, -0.25) is 9.69 Å². The van der Waals surface area contributed by atoms with Gasteiger partial charge in [0.05, 0.1) is 19.6 Å². The third kappa shape index (κ3) is 6.50. The molecule has 6 heteroatoms. The number of para-hydroxylation sites is 1. The second kappa shape index (κ2) is 12.1. The molecule has 0 aliphatic carbocycles. The Hall–Kier alpha value is -3.90. The molecule has 4 aromatic carbocycles. The standard InChI is InChI=1S/C32H33FN2O3/c1-37-31-12-5-4-9-27(31)18-34-32(36)28-16-24(22-38-30-11-6-10-29(33)17-30)20-35(21-28)19-23-13-14-25-7-2-3-8-26(25)15-23/h2-15,17,24,28H,16,18-22H2,1H3,(H,34,36)/t24-,28+/m0/s1. The average molecular weight is 513 g/mol. The summed E-state index contributed by atoms with van der Waals surface area (Å²) in [7, 11) is 1.63. The van der Waals surface area contributed by atoms with E-state index in [1.54, 1.807) is 19.2 Å². The van der Waals surface area contributed by atoms with E-state index in [2.05, 4.69) is 46.6 Å². The van der Waals surface area contributed by atoms with Crippen molar-refractivity contribution in [3.8, 4) is 11.5 Å². The number of rotatable bonds is 9. The number of methoxy groups -OCH3 is 1. The van der Waals surface area contributed by atoms with Crippen molar-refractivity contribution in [2.45, 2.75) is 19.5 Å². The summed E-state index contributed by atoms with van der Waals surface area (Å²) in [5, 5.41) is 5.54. The van der Waals surface area contributed by atoms with Crippen molar-refractivity contribution in [1.82, 2.24) is 10.2 Å². The first-order chi connectivity index (χ1) is 18.6. The van der Waals surface area contributed by atoms with Crippen molar-refractivity contribution in [2.24, 2.45) is 11.8 Å². The molecule has 1 aliphatic rings. The summed E-state index contributed by atoms with van der Waals surface area (Å²) in [5.41, 5.74) is 2.15. The fraction of sp³-hybridized carbons (Fsp3) is 0.281. The van der Waals surface area contributed by atoms with E-state index in [1.807, 2.05) is 30.3 Å². The first kappa shape index (κ1) is 25.7. The van der Waals surface area contributed by atoms with Crippen LogP contribution in [0.2, 0.25) is 0 Å². The van der Waals surface area contributed by atoms with Gasteiger partial charge in [-0.05, 0) is 47.0 Å². The predicted molar refractivity (Wildman–Crippen MR) is 148 cm³/mol. The Balaban J connectivity index is 1.28. The van der Waals surface area contributed by atoms with E-state index in [0.29, 0.717) is 31.9 Å². The minimum atomic E-state index is -0.322. The van der Waals surface area contributed by atoms with Gasteiger partial charge in [-0.1, -0.05) is 60.7 Å². The summed E-state index contributed by atoms with van der Waals surface area (Å²) in [4.78, 5) is 15.7. The number of nitrogens with zero attached hydrogens (tertiary/aromatic N) is 1. The zero-order valence-electron chi connectivity index (χ0n) is 21.6. The molecule has 1 saturated heterocycles. The molecule has 0 unspecified atom stereocenters. The summed E-state index contributed by atoms with van der Waals surface area (Å²) in [5.74, 6) is 0.923. The lowest BCUT2D eigenvalue weighted by Gasteiger charge is -2.37. The number of fused-ring (bicyclic) bond motifs is 1. The fourth-order valence-corrected chi connectivity index (χ4v) is 5.28. The molecule has 0 bridgehead atoms. The van der Waals surface area contributed by atoms with Crippen LogP contribution in [0.1, 0.15) is 17.5 Å². The third-order valence-corrected chi connectivity index (χ3v) is 7.13. The van der Waals surface area contributed by atoms with Gasteiger partial charge in [0.2, 0.25) is 5.91 Å². The highest BCUT2D eigenvalue weighted by atomic mass is 19.1. The summed E-state index contributed by atoms with van der Waals surface area (Å²) < 4.78 is 25.0. The highest BCUT2D eigenvalue weighted by Crippen LogP contribution is 2.27. The van der Waals surface area contributed by atoms with Crippen LogP contribution in [0.5, 0.6) is 11.5 Å². The lowest BCUT2D eigenvalue weighted by molar-refractivity contribution is -0.128. The van der Waals surface area contributed by atoms with Crippen LogP contribution in [-0.2, 0) is 17.9 Å². The number of ether oxygens (including phenoxy) is 2. The number of hydrogen-bond acceptors (Lipinski definition) is 4. The topological polar surface area (TPSA) is 50.8 Å². The van der Waals surface area contributed by atoms with Crippen LogP contribution in [-0.4, -0.2) is 37.6 Å². The van der Waals surface area contributed by atoms with Gasteiger partial charge in [-0.25, -0.2) is 4.39 Å². The molecule has 1 amide bonds. The first-order valence-electron chi connectivity index (χ1n) is 13.1. The molecule has 0 saturated carbocycles. The Kier molecular flexibility index (Phi) is 8.19. The molecule has 38 heavy (non-hydrogen) atoms. The number of nitrogens with one attached hydrogen (secondary N) is 1. The summed E-state index contributed by atoms with van der Waals surface area (Å²) >= 11 is 0. The number of benzene rings is 4. The lowest BCUT2D eigenvalue weighted by Crippen LogP contribution is -2.47. The Morgan fingerprint density at radius 1 is 0.947 bits per heavy atom. The maximum absolute atomic E-state index is 13.6. The SMILES string of the molecule is COc1ccccc1CNC(=O)[C@@H]1C[C@H](COc2cccc(F)c2)CN(Cc2ccc3ccccc3c2)C1. The van der Waals surface area contributed by atoms with E-state index in [4.69, 9.17) is 9.47 Å². The van der Waals surface area contributed by atoms with Gasteiger partial charge in [-0.2, -0.15) is 0 Å². The summed E-state index contributed by atoms with van der Waals surface area (Å²) in [6.07, 6.45) is 0.710. The number of likely N-dealkylation sites (tertiary alicyclic amines) is 1. The van der Waals surface area contributed by atoms with Gasteiger partial charge in [0.1, 0.15) is 17.3 Å². The van der Waals surface area contributed by atoms with Crippen molar-refractivity contribution in [3.05, 3.63) is 108 Å². The number of halogens is 1. The van der Waals surface area contributed by atoms with Gasteiger partial charge < -0.3 is 14.8 Å². The van der Waals surface area contributed by atoms with Crippen molar-refractivity contribution >= 4 is 16.7 Å². The molecular formula is C32H33FN2O3. The minimum absolute atomic E-state index is 0.0230. The van der Waals surface area contributed by atoms with Crippen LogP contribution >= 0.6 is 0 Å². The predicted octanol–water partition coefficient (Wildman–Crippen LogP) is 5.82. The van der Waals surface area contributed by atoms with Crippen LogP contribution in [0, 0.1) is 17.7 Å². The molecule has 1 aliphatic heterocycles. The molecule has 1 N–H and O–H groups in total. The van der Waals surface area contributed by atoms with E-state index in [0.717, 1.165) is 24.4 Å². The van der Waals surface area contributed by atoms with Crippen LogP contribution < -0.4 is 14.8 Å². The molecule has 4 aromatic rings. The summed E-state index contributed by atoms with van der Waals surface area (Å²) in [6.45, 7) is 3.06. The Morgan fingerprint density at radius 3 is 2.61 bits per heavy atom. The van der Waals surface area contributed by atoms with Crippen LogP contribution in [0.25, 0.3) is 10.8 Å². The molecule has 0 radical (unpaired) electrons. The molecular weight excluding hydrogens is 479 g/mol. The third-order valence-electron chi connectivity index (χ3n) is 7.13. The average Bonchev–Trinajstić information content (AvgIpc) is 2.95. The van der Waals surface area contributed by atoms with E-state index in [-0.39, 0.29) is 23.6 Å². The molecule has 0 spiro atoms. The number of hydrogen-bond donors (Lipinski definition) is 1. The van der Waals surface area contributed by atoms with Crippen molar-refractivity contribution in [3.63, 3.8) is 0 Å². The molecule has 1 heterocycles. The van der Waals surface area contributed by atoms with E-state index in [9.17, 15) is 9.18 Å². The minimum Gasteiger partial charge on any atom is -0.496 e. The molecule has 5 nitrogen and oxygen atoms in total. The Bertz CT molecular complexity index is 1390. The maximum Gasteiger partial charge on any atom is 0.224 e. The molecule has 2 atom stereocenters. The largest absolute Gasteiger partial charge is 0.496 e. The van der Waals surface area contributed by atoms with Gasteiger partial charge in [0, 0.05) is 43.7 Å². The monoisotopic (exact) mass is 512 g/mol. The van der Waals surface area contributed by atoms with Gasteiger partial charge in [0.25, 0.3) is 0 Å². The Morgan fingerprint density at radius 2 is 1.76 bits per heavy atom. The van der Waals surface area contributed by atoms with Gasteiger partial charge in [0.15, 0.2) is 0 Å². The molecule has 0 aromatic heterocycles. The second-order valence-electron chi connectivity index (χ2n) is 9.97. The number of carbonyl (C=O) groups is 1. The van der Waals surface area contributed by atoms with Crippen LogP contribution in [0.15, 0.2) is 91.0 Å². The number of piperidine rings is 1. The van der Waals surface area contributed by atoms with Crippen LogP contribution in [0.3, 0.4) is 0 Å². The number of amides is 1. The van der Waals surface area contributed by atoms with Crippen molar-refractivity contribution in [1.29, 1.82) is 0 Å². The molecule has 196 valence electrons. The molecule has 5 rings (SSSR count). The first-order valence-corrected chi connectivity index (χ1v) is 13.1. The Labute approximate surface area is 223 Å². The van der Waals surface area contributed by atoms with E-state index < -0.39 is 0 Å². The number of carbonyl (C=O) groups excluding carboxylic acids is 1. The van der Waals surface area contributed by atoms with Gasteiger partial charge in [-0.15, -0.1) is 0 Å². The highest BCUT2D eigenvalue weighted by molar-refractivity contribution is 5.83. The summed E-state index contributed by atoms with van der Waals surface area (Å²) in [6, 6.07) is 28.8. The smallest absolute Gasteiger partial charge is 0.224 e. The van der Waals surface area contributed by atoms with E-state index >= 15 is 0 Å². The van der Waals surface area contributed by atoms with Crippen LogP contribution in [0.4, 0.5) is 4.39 Å². The van der Waals surface area contributed by atoms with E-state index in [1.165, 1.54) is 28.5 Å². The lowest BCUT2D eigenvalue weighted by atomic mass is 9.88. The quantitative estimate of drug-likeness (QED) is 0.307. The zero-order chi connectivity index (χ0) is 26.3. The van der Waals surface area contributed by atoms with Crippen molar-refractivity contribution in [2.75, 3.05) is 26.8 Å². The van der Waals surface area contributed by atoms with Gasteiger partial charge >= 0.3 is 0 Å². The zero-order valence-corrected chi connectivity index (χ0v) is 21.6. The maximum atomic E-state index is 13.6. The van der Waals surface area contributed by atoms with Crippen molar-refractivity contribution < 1.29 is 18.7 Å². The molecule has 1 fully saturated rings. The highest BCUT2D eigenvalue weighted by Gasteiger charge is 2.32. The fourth-order valence-electron chi connectivity index (χ4n) is 5.28.